The minimum atomic E-state index is -3.62. The lowest BCUT2D eigenvalue weighted by Gasteiger charge is -2.12. The largest absolute Gasteiger partial charge is 0.497 e. The van der Waals surface area contributed by atoms with Crippen LogP contribution in [0.1, 0.15) is 6.42 Å². The van der Waals surface area contributed by atoms with Gasteiger partial charge in [0.05, 0.1) is 28.4 Å². The molecule has 0 radical (unpaired) electrons. The van der Waals surface area contributed by atoms with Crippen molar-refractivity contribution in [2.45, 2.75) is 11.3 Å². The number of sulfonamides is 1. The van der Waals surface area contributed by atoms with Crippen molar-refractivity contribution < 1.29 is 13.2 Å². The monoisotopic (exact) mass is 549 g/mol. The predicted molar refractivity (Wildman–Crippen MR) is 132 cm³/mol. The van der Waals surface area contributed by atoms with Crippen LogP contribution in [0, 0.1) is 0 Å². The highest BCUT2D eigenvalue weighted by Crippen LogP contribution is 2.30. The second-order valence-corrected chi connectivity index (χ2v) is 10.1. The first-order chi connectivity index (χ1) is 15.9. The van der Waals surface area contributed by atoms with Crippen LogP contribution < -0.4 is 14.8 Å². The second-order valence-electron chi connectivity index (χ2n) is 7.09. The molecular formula is C22H21BrClN5O3S. The summed E-state index contributed by atoms with van der Waals surface area (Å²) in [6.45, 7) is 0.778. The molecule has 2 aromatic carbocycles. The van der Waals surface area contributed by atoms with Gasteiger partial charge in [0.2, 0.25) is 10.0 Å². The molecule has 0 saturated carbocycles. The van der Waals surface area contributed by atoms with Gasteiger partial charge in [0.1, 0.15) is 11.6 Å². The molecule has 2 aromatic heterocycles. The second kappa shape index (κ2) is 10.1. The molecule has 0 fully saturated rings. The van der Waals surface area contributed by atoms with Crippen molar-refractivity contribution in [1.29, 1.82) is 0 Å². The Morgan fingerprint density at radius 2 is 1.94 bits per heavy atom. The van der Waals surface area contributed by atoms with Gasteiger partial charge >= 0.3 is 0 Å². The zero-order valence-electron chi connectivity index (χ0n) is 17.6. The van der Waals surface area contributed by atoms with E-state index in [1.807, 2.05) is 30.3 Å². The van der Waals surface area contributed by atoms with Gasteiger partial charge < -0.3 is 10.1 Å². The molecule has 33 heavy (non-hydrogen) atoms. The van der Waals surface area contributed by atoms with Crippen molar-refractivity contribution in [2.24, 2.45) is 0 Å². The lowest BCUT2D eigenvalue weighted by molar-refractivity contribution is 0.413. The predicted octanol–water partition coefficient (Wildman–Crippen LogP) is 4.60. The zero-order chi connectivity index (χ0) is 23.4. The van der Waals surface area contributed by atoms with E-state index in [0.29, 0.717) is 35.1 Å². The number of rotatable bonds is 9. The third-order valence-corrected chi connectivity index (χ3v) is 7.23. The Morgan fingerprint density at radius 1 is 1.12 bits per heavy atom. The van der Waals surface area contributed by atoms with Crippen LogP contribution in [0.2, 0.25) is 5.02 Å². The smallest absolute Gasteiger partial charge is 0.240 e. The molecule has 4 aromatic rings. The van der Waals surface area contributed by atoms with Gasteiger partial charge in [-0.15, -0.1) is 0 Å². The van der Waals surface area contributed by atoms with Crippen LogP contribution in [0.15, 0.2) is 70.2 Å². The molecule has 0 atom stereocenters. The standard InChI is InChI=1S/C22H21BrClN5O3S/c1-32-15-6-4-7-16(12-15)33(30,31)27-11-5-10-25-21-13-20(17-8-2-3-9-19(17)24)28-22-18(23)14-26-29(21)22/h2-4,6-9,12-14,25,27H,5,10-11H2,1H3. The molecule has 0 saturated heterocycles. The molecule has 2 N–H and O–H groups in total. The number of methoxy groups -OCH3 is 1. The van der Waals surface area contributed by atoms with E-state index in [-0.39, 0.29) is 11.4 Å². The van der Waals surface area contributed by atoms with E-state index in [1.165, 1.54) is 19.2 Å². The van der Waals surface area contributed by atoms with Gasteiger partial charge in [0, 0.05) is 35.8 Å². The van der Waals surface area contributed by atoms with E-state index in [1.54, 1.807) is 22.8 Å². The third kappa shape index (κ3) is 5.30. The maximum absolute atomic E-state index is 12.5. The first-order valence-corrected chi connectivity index (χ1v) is 12.7. The number of halogens is 2. The SMILES string of the molecule is COc1cccc(S(=O)(=O)NCCCNc2cc(-c3ccccc3Cl)nc3c(Br)cnn23)c1. The average Bonchev–Trinajstić information content (AvgIpc) is 3.20. The van der Waals surface area contributed by atoms with Gasteiger partial charge in [-0.25, -0.2) is 18.1 Å². The van der Waals surface area contributed by atoms with Gasteiger partial charge in [-0.1, -0.05) is 35.9 Å². The summed E-state index contributed by atoms with van der Waals surface area (Å²) in [5.74, 6) is 1.21. The number of benzene rings is 2. The highest BCUT2D eigenvalue weighted by Gasteiger charge is 2.15. The number of nitrogens with zero attached hydrogens (tertiary/aromatic N) is 3. The lowest BCUT2D eigenvalue weighted by Crippen LogP contribution is -2.26. The molecular weight excluding hydrogens is 530 g/mol. The van der Waals surface area contributed by atoms with Crippen molar-refractivity contribution >= 4 is 49.0 Å². The van der Waals surface area contributed by atoms with Crippen LogP contribution in [-0.4, -0.2) is 43.2 Å². The molecule has 11 heteroatoms. The Hall–Kier alpha value is -2.66. The minimum absolute atomic E-state index is 0.163. The number of anilines is 1. The van der Waals surface area contributed by atoms with Crippen molar-refractivity contribution in [3.8, 4) is 17.0 Å². The van der Waals surface area contributed by atoms with Gasteiger partial charge in [-0.3, -0.25) is 0 Å². The fraction of sp³-hybridized carbons (Fsp3) is 0.182. The number of fused-ring (bicyclic) bond motifs is 1. The number of hydrogen-bond donors (Lipinski definition) is 2. The highest BCUT2D eigenvalue weighted by atomic mass is 79.9. The molecule has 172 valence electrons. The summed E-state index contributed by atoms with van der Waals surface area (Å²) in [7, 11) is -2.13. The molecule has 0 amide bonds. The molecule has 0 unspecified atom stereocenters. The van der Waals surface area contributed by atoms with Crippen molar-refractivity contribution in [3.63, 3.8) is 0 Å². The van der Waals surface area contributed by atoms with Gasteiger partial charge in [-0.05, 0) is 40.5 Å². The summed E-state index contributed by atoms with van der Waals surface area (Å²) < 4.78 is 35.2. The molecule has 2 heterocycles. The molecule has 0 aliphatic carbocycles. The van der Waals surface area contributed by atoms with Gasteiger partial charge in [0.15, 0.2) is 5.65 Å². The van der Waals surface area contributed by atoms with Crippen LogP contribution >= 0.6 is 27.5 Å². The molecule has 0 spiro atoms. The normalized spacial score (nSPS) is 11.6. The lowest BCUT2D eigenvalue weighted by atomic mass is 10.1. The summed E-state index contributed by atoms with van der Waals surface area (Å²) in [4.78, 5) is 4.84. The van der Waals surface area contributed by atoms with E-state index in [9.17, 15) is 8.42 Å². The third-order valence-electron chi connectivity index (χ3n) is 4.88. The molecule has 8 nitrogen and oxygen atoms in total. The first kappa shape index (κ1) is 23.5. The van der Waals surface area contributed by atoms with E-state index < -0.39 is 10.0 Å². The van der Waals surface area contributed by atoms with Crippen molar-refractivity contribution in [3.05, 3.63) is 70.3 Å². The van der Waals surface area contributed by atoms with Crippen LogP contribution in [0.4, 0.5) is 5.82 Å². The van der Waals surface area contributed by atoms with Crippen LogP contribution in [0.5, 0.6) is 5.75 Å². The van der Waals surface area contributed by atoms with Crippen molar-refractivity contribution in [2.75, 3.05) is 25.5 Å². The van der Waals surface area contributed by atoms with Crippen LogP contribution in [0.3, 0.4) is 0 Å². The molecule has 4 rings (SSSR count). The Bertz CT molecular complexity index is 1390. The maximum Gasteiger partial charge on any atom is 0.240 e. The van der Waals surface area contributed by atoms with E-state index in [0.717, 1.165) is 15.9 Å². The number of hydrogen-bond acceptors (Lipinski definition) is 6. The molecule has 0 aliphatic rings. The Labute approximate surface area is 205 Å². The van der Waals surface area contributed by atoms with Crippen molar-refractivity contribution in [1.82, 2.24) is 19.3 Å². The zero-order valence-corrected chi connectivity index (χ0v) is 20.8. The fourth-order valence-corrected chi connectivity index (χ4v) is 4.92. The van der Waals surface area contributed by atoms with Crippen LogP contribution in [-0.2, 0) is 10.0 Å². The minimum Gasteiger partial charge on any atom is -0.497 e. The fourth-order valence-electron chi connectivity index (χ4n) is 3.23. The summed E-state index contributed by atoms with van der Waals surface area (Å²) in [6.07, 6.45) is 2.23. The summed E-state index contributed by atoms with van der Waals surface area (Å²) in [5, 5.41) is 8.27. The number of ether oxygens (including phenoxy) is 1. The maximum atomic E-state index is 12.5. The number of nitrogens with one attached hydrogen (secondary N) is 2. The van der Waals surface area contributed by atoms with E-state index >= 15 is 0 Å². The van der Waals surface area contributed by atoms with Crippen LogP contribution in [0.25, 0.3) is 16.9 Å². The topological polar surface area (TPSA) is 97.6 Å². The summed E-state index contributed by atoms with van der Waals surface area (Å²) in [5.41, 5.74) is 2.16. The molecule has 0 aliphatic heterocycles. The summed E-state index contributed by atoms with van der Waals surface area (Å²) >= 11 is 9.85. The Kier molecular flexibility index (Phi) is 7.18. The first-order valence-electron chi connectivity index (χ1n) is 10.1. The quantitative estimate of drug-likeness (QED) is 0.296. The molecule has 0 bridgehead atoms. The highest BCUT2D eigenvalue weighted by molar-refractivity contribution is 9.10. The average molecular weight is 551 g/mol. The Morgan fingerprint density at radius 3 is 2.73 bits per heavy atom. The summed E-state index contributed by atoms with van der Waals surface area (Å²) in [6, 6.07) is 15.7. The van der Waals surface area contributed by atoms with E-state index in [2.05, 4.69) is 36.1 Å². The van der Waals surface area contributed by atoms with Gasteiger partial charge in [-0.2, -0.15) is 9.61 Å². The van der Waals surface area contributed by atoms with E-state index in [4.69, 9.17) is 16.3 Å². The number of aromatic nitrogens is 3. The Balaban J connectivity index is 1.45. The van der Waals surface area contributed by atoms with Gasteiger partial charge in [0.25, 0.3) is 0 Å².